The number of carboxylic acid groups (broad SMARTS) is 1. The van der Waals surface area contributed by atoms with Crippen molar-refractivity contribution in [3.63, 3.8) is 0 Å². The van der Waals surface area contributed by atoms with Gasteiger partial charge in [-0.3, -0.25) is 9.59 Å². The SMILES string of the molecule is Cc1ccc(NC(=O)[C@H]2CCCC[C@H]2C(=O)O)cc1F. The van der Waals surface area contributed by atoms with E-state index in [0.29, 0.717) is 24.1 Å². The fourth-order valence-electron chi connectivity index (χ4n) is 2.65. The second-order valence-electron chi connectivity index (χ2n) is 5.29. The zero-order valence-electron chi connectivity index (χ0n) is 11.4. The van der Waals surface area contributed by atoms with Gasteiger partial charge < -0.3 is 10.4 Å². The molecular weight excluding hydrogens is 261 g/mol. The van der Waals surface area contributed by atoms with Crippen molar-refractivity contribution >= 4 is 17.6 Å². The van der Waals surface area contributed by atoms with E-state index in [-0.39, 0.29) is 11.7 Å². The van der Waals surface area contributed by atoms with E-state index in [1.54, 1.807) is 19.1 Å². The molecule has 1 saturated carbocycles. The Morgan fingerprint density at radius 2 is 1.90 bits per heavy atom. The third-order valence-corrected chi connectivity index (χ3v) is 3.86. The van der Waals surface area contributed by atoms with E-state index in [9.17, 15) is 14.0 Å². The summed E-state index contributed by atoms with van der Waals surface area (Å²) < 4.78 is 13.4. The highest BCUT2D eigenvalue weighted by atomic mass is 19.1. The molecule has 1 aliphatic carbocycles. The Kier molecular flexibility index (Phi) is 4.37. The highest BCUT2D eigenvalue weighted by Crippen LogP contribution is 2.31. The lowest BCUT2D eigenvalue weighted by molar-refractivity contribution is -0.147. The van der Waals surface area contributed by atoms with Crippen LogP contribution in [0.2, 0.25) is 0 Å². The maximum atomic E-state index is 13.4. The standard InChI is InChI=1S/C15H18FNO3/c1-9-6-7-10(8-13(9)16)17-14(18)11-4-2-3-5-12(11)15(19)20/h6-8,11-12H,2-5H2,1H3,(H,17,18)(H,19,20)/t11-,12+/m0/s1. The lowest BCUT2D eigenvalue weighted by atomic mass is 9.78. The first kappa shape index (κ1) is 14.5. The quantitative estimate of drug-likeness (QED) is 0.894. The smallest absolute Gasteiger partial charge is 0.307 e. The summed E-state index contributed by atoms with van der Waals surface area (Å²) in [6.45, 7) is 1.64. The average molecular weight is 279 g/mol. The average Bonchev–Trinajstić information content (AvgIpc) is 2.43. The summed E-state index contributed by atoms with van der Waals surface area (Å²) >= 11 is 0. The maximum Gasteiger partial charge on any atom is 0.307 e. The van der Waals surface area contributed by atoms with Crippen LogP contribution in [0.3, 0.4) is 0 Å². The van der Waals surface area contributed by atoms with Gasteiger partial charge in [-0.05, 0) is 37.5 Å². The molecule has 20 heavy (non-hydrogen) atoms. The van der Waals surface area contributed by atoms with Gasteiger partial charge in [0.25, 0.3) is 0 Å². The van der Waals surface area contributed by atoms with Gasteiger partial charge in [0.15, 0.2) is 0 Å². The van der Waals surface area contributed by atoms with E-state index in [4.69, 9.17) is 5.11 Å². The van der Waals surface area contributed by atoms with E-state index in [1.807, 2.05) is 0 Å². The number of aliphatic carboxylic acids is 1. The Hall–Kier alpha value is -1.91. The predicted molar refractivity (Wildman–Crippen MR) is 72.9 cm³/mol. The summed E-state index contributed by atoms with van der Waals surface area (Å²) in [6.07, 6.45) is 2.77. The molecule has 2 rings (SSSR count). The molecule has 0 unspecified atom stereocenters. The molecule has 108 valence electrons. The molecule has 1 aromatic rings. The van der Waals surface area contributed by atoms with E-state index < -0.39 is 17.8 Å². The van der Waals surface area contributed by atoms with Crippen molar-refractivity contribution in [2.24, 2.45) is 11.8 Å². The summed E-state index contributed by atoms with van der Waals surface area (Å²) in [6, 6.07) is 4.46. The van der Waals surface area contributed by atoms with Crippen molar-refractivity contribution in [2.75, 3.05) is 5.32 Å². The van der Waals surface area contributed by atoms with Gasteiger partial charge in [-0.25, -0.2) is 4.39 Å². The van der Waals surface area contributed by atoms with Crippen molar-refractivity contribution < 1.29 is 19.1 Å². The van der Waals surface area contributed by atoms with Crippen molar-refractivity contribution in [1.29, 1.82) is 0 Å². The minimum Gasteiger partial charge on any atom is -0.481 e. The minimum atomic E-state index is -0.931. The van der Waals surface area contributed by atoms with Crippen LogP contribution in [0.1, 0.15) is 31.2 Å². The summed E-state index contributed by atoms with van der Waals surface area (Å²) in [4.78, 5) is 23.4. The van der Waals surface area contributed by atoms with E-state index in [0.717, 1.165) is 12.8 Å². The van der Waals surface area contributed by atoms with E-state index in [2.05, 4.69) is 5.32 Å². The lowest BCUT2D eigenvalue weighted by Gasteiger charge is -2.27. The first-order chi connectivity index (χ1) is 9.49. The first-order valence-corrected chi connectivity index (χ1v) is 6.79. The van der Waals surface area contributed by atoms with Crippen molar-refractivity contribution in [1.82, 2.24) is 0 Å². The van der Waals surface area contributed by atoms with Gasteiger partial charge in [0.1, 0.15) is 5.82 Å². The molecule has 1 aliphatic rings. The normalized spacial score (nSPS) is 22.3. The van der Waals surface area contributed by atoms with Crippen LogP contribution in [0.5, 0.6) is 0 Å². The topological polar surface area (TPSA) is 66.4 Å². The number of aryl methyl sites for hydroxylation is 1. The molecule has 5 heteroatoms. The van der Waals surface area contributed by atoms with E-state index in [1.165, 1.54) is 6.07 Å². The van der Waals surface area contributed by atoms with Gasteiger partial charge in [-0.1, -0.05) is 18.9 Å². The Balaban J connectivity index is 2.09. The van der Waals surface area contributed by atoms with Crippen LogP contribution >= 0.6 is 0 Å². The third kappa shape index (κ3) is 3.15. The highest BCUT2D eigenvalue weighted by molar-refractivity contribution is 5.95. The molecule has 2 atom stereocenters. The van der Waals surface area contributed by atoms with Crippen LogP contribution in [-0.2, 0) is 9.59 Å². The zero-order valence-corrected chi connectivity index (χ0v) is 11.4. The van der Waals surface area contributed by atoms with Gasteiger partial charge >= 0.3 is 5.97 Å². The zero-order chi connectivity index (χ0) is 14.7. The Morgan fingerprint density at radius 3 is 2.50 bits per heavy atom. The molecule has 2 N–H and O–H groups in total. The number of nitrogens with one attached hydrogen (secondary N) is 1. The van der Waals surface area contributed by atoms with E-state index >= 15 is 0 Å². The largest absolute Gasteiger partial charge is 0.481 e. The summed E-state index contributed by atoms with van der Waals surface area (Å²) in [5.74, 6) is -2.83. The number of hydrogen-bond donors (Lipinski definition) is 2. The number of halogens is 1. The molecule has 1 fully saturated rings. The molecule has 0 bridgehead atoms. The Morgan fingerprint density at radius 1 is 1.25 bits per heavy atom. The molecule has 1 aromatic carbocycles. The number of carbonyl (C=O) groups is 2. The summed E-state index contributed by atoms with van der Waals surface area (Å²) in [5, 5.41) is 11.8. The van der Waals surface area contributed by atoms with Crippen LogP contribution in [0.25, 0.3) is 0 Å². The predicted octanol–water partition coefficient (Wildman–Crippen LogP) is 2.96. The fraction of sp³-hybridized carbons (Fsp3) is 0.467. The molecule has 0 heterocycles. The maximum absolute atomic E-state index is 13.4. The van der Waals surface area contributed by atoms with Gasteiger partial charge in [-0.15, -0.1) is 0 Å². The number of amides is 1. The monoisotopic (exact) mass is 279 g/mol. The second-order valence-corrected chi connectivity index (χ2v) is 5.29. The van der Waals surface area contributed by atoms with Crippen LogP contribution in [0.4, 0.5) is 10.1 Å². The van der Waals surface area contributed by atoms with Gasteiger partial charge in [0, 0.05) is 5.69 Å². The Labute approximate surface area is 117 Å². The van der Waals surface area contributed by atoms with Crippen molar-refractivity contribution in [2.45, 2.75) is 32.6 Å². The first-order valence-electron chi connectivity index (χ1n) is 6.79. The fourth-order valence-corrected chi connectivity index (χ4v) is 2.65. The number of rotatable bonds is 3. The summed E-state index contributed by atoms with van der Waals surface area (Å²) in [7, 11) is 0. The van der Waals surface area contributed by atoms with Gasteiger partial charge in [-0.2, -0.15) is 0 Å². The molecule has 0 aliphatic heterocycles. The summed E-state index contributed by atoms with van der Waals surface area (Å²) in [5.41, 5.74) is 0.872. The third-order valence-electron chi connectivity index (χ3n) is 3.86. The minimum absolute atomic E-state index is 0.333. The number of anilines is 1. The highest BCUT2D eigenvalue weighted by Gasteiger charge is 2.35. The van der Waals surface area contributed by atoms with Crippen LogP contribution in [0, 0.1) is 24.6 Å². The molecular formula is C15H18FNO3. The molecule has 4 nitrogen and oxygen atoms in total. The number of carboxylic acids is 1. The van der Waals surface area contributed by atoms with Gasteiger partial charge in [0.05, 0.1) is 11.8 Å². The van der Waals surface area contributed by atoms with Crippen LogP contribution in [-0.4, -0.2) is 17.0 Å². The van der Waals surface area contributed by atoms with Crippen LogP contribution in [0.15, 0.2) is 18.2 Å². The second kappa shape index (κ2) is 6.03. The number of benzene rings is 1. The molecule has 0 spiro atoms. The number of carbonyl (C=O) groups excluding carboxylic acids is 1. The molecule has 0 saturated heterocycles. The lowest BCUT2D eigenvalue weighted by Crippen LogP contribution is -2.36. The van der Waals surface area contributed by atoms with Crippen molar-refractivity contribution in [3.8, 4) is 0 Å². The molecule has 0 radical (unpaired) electrons. The van der Waals surface area contributed by atoms with Gasteiger partial charge in [0.2, 0.25) is 5.91 Å². The molecule has 1 amide bonds. The van der Waals surface area contributed by atoms with Crippen molar-refractivity contribution in [3.05, 3.63) is 29.6 Å². The molecule has 0 aromatic heterocycles. The Bertz CT molecular complexity index is 530. The van der Waals surface area contributed by atoms with Crippen LogP contribution < -0.4 is 5.32 Å². The number of hydrogen-bond acceptors (Lipinski definition) is 2.